The molecule has 1 aliphatic heterocycles. The number of halogens is 3. The van der Waals surface area contributed by atoms with Crippen LogP contribution in [0.25, 0.3) is 0 Å². The molecule has 0 aliphatic carbocycles. The molecule has 0 radical (unpaired) electrons. The van der Waals surface area contributed by atoms with Crippen LogP contribution in [0.4, 0.5) is 19.3 Å². The number of likely N-dealkylation sites (tertiary alicyclic amines) is 1. The van der Waals surface area contributed by atoms with E-state index in [0.717, 1.165) is 28.5 Å². The van der Waals surface area contributed by atoms with Crippen molar-refractivity contribution in [1.82, 2.24) is 14.2 Å². The van der Waals surface area contributed by atoms with Gasteiger partial charge in [-0.15, -0.1) is 0 Å². The molecule has 0 unspecified atom stereocenters. The number of aryl methyl sites for hydroxylation is 1. The normalized spacial score (nSPS) is 17.3. The number of nitrogens with zero attached hydrogens (tertiary/aromatic N) is 2. The van der Waals surface area contributed by atoms with E-state index in [0.29, 0.717) is 0 Å². The number of ether oxygens (including phenoxy) is 1. The summed E-state index contributed by atoms with van der Waals surface area (Å²) in [5.74, 6) is -3.69. The molecule has 2 aromatic carbocycles. The molecule has 208 valence electrons. The van der Waals surface area contributed by atoms with Crippen LogP contribution in [-0.2, 0) is 28.4 Å². The zero-order valence-corrected chi connectivity index (χ0v) is 22.2. The first-order valence-corrected chi connectivity index (χ1v) is 13.6. The number of carbonyl (C=O) groups excluding carboxylic acids is 2. The molecule has 14 heteroatoms. The smallest absolute Gasteiger partial charge is 0.410 e. The molecule has 1 saturated heterocycles. The Kier molecular flexibility index (Phi) is 8.54. The summed E-state index contributed by atoms with van der Waals surface area (Å²) < 4.78 is 63.5. The minimum atomic E-state index is -4.53. The van der Waals surface area contributed by atoms with Gasteiger partial charge >= 0.3 is 6.09 Å². The Labute approximate surface area is 228 Å². The van der Waals surface area contributed by atoms with Crippen molar-refractivity contribution in [2.24, 2.45) is 13.0 Å². The van der Waals surface area contributed by atoms with E-state index in [1.807, 2.05) is 6.07 Å². The van der Waals surface area contributed by atoms with Crippen LogP contribution in [0, 0.1) is 17.6 Å². The molecule has 2 atom stereocenters. The summed E-state index contributed by atoms with van der Waals surface area (Å²) in [6.45, 7) is -0.533. The second-order valence-corrected chi connectivity index (χ2v) is 11.1. The third-order valence-corrected chi connectivity index (χ3v) is 7.98. The van der Waals surface area contributed by atoms with Gasteiger partial charge in [-0.3, -0.25) is 4.79 Å². The SMILES string of the molecule is Cn1cc(S(=O)(=O)N[C@H]2CN(C(=O)OCc3ccccc3)C[C@H]2CO)c(F)c1C(=O)Nc1ccc(F)c(Cl)c1. The monoisotopic (exact) mass is 582 g/mol. The van der Waals surface area contributed by atoms with Gasteiger partial charge in [0.1, 0.15) is 23.0 Å². The molecular weight excluding hydrogens is 558 g/mol. The van der Waals surface area contributed by atoms with Crippen molar-refractivity contribution in [3.63, 3.8) is 0 Å². The minimum absolute atomic E-state index is 0.0144. The van der Waals surface area contributed by atoms with Gasteiger partial charge in [-0.25, -0.2) is 26.7 Å². The number of amides is 2. The molecule has 1 fully saturated rings. The number of hydrogen-bond donors (Lipinski definition) is 3. The lowest BCUT2D eigenvalue weighted by Crippen LogP contribution is -2.42. The fraction of sp³-hybridized carbons (Fsp3) is 0.280. The van der Waals surface area contributed by atoms with E-state index < -0.39 is 62.8 Å². The van der Waals surface area contributed by atoms with Gasteiger partial charge < -0.3 is 24.6 Å². The molecule has 0 bridgehead atoms. The van der Waals surface area contributed by atoms with Gasteiger partial charge in [-0.2, -0.15) is 0 Å². The molecule has 3 N–H and O–H groups in total. The van der Waals surface area contributed by atoms with Gasteiger partial charge in [0.2, 0.25) is 10.0 Å². The Hall–Kier alpha value is -3.52. The Bertz CT molecular complexity index is 1490. The summed E-state index contributed by atoms with van der Waals surface area (Å²) in [5, 5.41) is 11.9. The quantitative estimate of drug-likeness (QED) is 0.374. The molecule has 0 spiro atoms. The number of aromatic nitrogens is 1. The van der Waals surface area contributed by atoms with Crippen LogP contribution in [0.1, 0.15) is 16.1 Å². The molecule has 3 aromatic rings. The Morgan fingerprint density at radius 2 is 1.87 bits per heavy atom. The lowest BCUT2D eigenvalue weighted by atomic mass is 10.1. The number of hydrogen-bond acceptors (Lipinski definition) is 6. The summed E-state index contributed by atoms with van der Waals surface area (Å²) in [4.78, 5) is 25.7. The largest absolute Gasteiger partial charge is 0.445 e. The van der Waals surface area contributed by atoms with Crippen LogP contribution in [0.5, 0.6) is 0 Å². The third-order valence-electron chi connectivity index (χ3n) is 6.22. The average Bonchev–Trinajstić information content (AvgIpc) is 3.44. The maximum Gasteiger partial charge on any atom is 0.410 e. The van der Waals surface area contributed by atoms with Crippen LogP contribution in [0.2, 0.25) is 5.02 Å². The predicted molar refractivity (Wildman–Crippen MR) is 138 cm³/mol. The summed E-state index contributed by atoms with van der Waals surface area (Å²) in [6.07, 6.45) is 0.240. The standard InChI is InChI=1S/C25H25ClF2N4O6S/c1-31-12-21(22(28)23(31)24(34)29-17-7-8-19(27)18(26)9-17)39(36,37)30-20-11-32(10-16(20)13-33)25(35)38-14-15-5-3-2-4-6-15/h2-9,12,16,20,30,33H,10-11,13-14H2,1H3,(H,29,34)/t16-,20-/m0/s1. The second-order valence-electron chi connectivity index (χ2n) is 8.97. The third kappa shape index (κ3) is 6.38. The summed E-state index contributed by atoms with van der Waals surface area (Å²) in [5.41, 5.74) is 0.250. The lowest BCUT2D eigenvalue weighted by molar-refractivity contribution is 0.100. The van der Waals surface area contributed by atoms with Gasteiger partial charge in [0.25, 0.3) is 5.91 Å². The first-order valence-electron chi connectivity index (χ1n) is 11.7. The van der Waals surface area contributed by atoms with Gasteiger partial charge in [-0.05, 0) is 23.8 Å². The van der Waals surface area contributed by atoms with Crippen LogP contribution >= 0.6 is 11.6 Å². The Balaban J connectivity index is 1.46. The fourth-order valence-corrected chi connectivity index (χ4v) is 5.79. The van der Waals surface area contributed by atoms with Crippen molar-refractivity contribution in [3.8, 4) is 0 Å². The number of benzene rings is 2. The highest BCUT2D eigenvalue weighted by atomic mass is 35.5. The first-order chi connectivity index (χ1) is 18.5. The highest BCUT2D eigenvalue weighted by Crippen LogP contribution is 2.25. The molecule has 4 rings (SSSR count). The number of rotatable bonds is 8. The molecular formula is C25H25ClF2N4O6S. The van der Waals surface area contributed by atoms with Crippen molar-refractivity contribution in [2.75, 3.05) is 25.0 Å². The number of sulfonamides is 1. The van der Waals surface area contributed by atoms with Gasteiger partial charge in [-0.1, -0.05) is 41.9 Å². The molecule has 2 heterocycles. The molecule has 0 saturated carbocycles. The molecule has 1 aliphatic rings. The lowest BCUT2D eigenvalue weighted by Gasteiger charge is -2.17. The predicted octanol–water partition coefficient (Wildman–Crippen LogP) is 3.12. The van der Waals surface area contributed by atoms with Gasteiger partial charge in [0.05, 0.1) is 5.02 Å². The maximum absolute atomic E-state index is 15.3. The van der Waals surface area contributed by atoms with E-state index in [1.165, 1.54) is 18.0 Å². The van der Waals surface area contributed by atoms with Crippen molar-refractivity contribution < 1.29 is 36.6 Å². The van der Waals surface area contributed by atoms with E-state index in [4.69, 9.17) is 16.3 Å². The summed E-state index contributed by atoms with van der Waals surface area (Å²) in [7, 11) is -3.25. The second kappa shape index (κ2) is 11.7. The first kappa shape index (κ1) is 28.5. The van der Waals surface area contributed by atoms with E-state index in [1.54, 1.807) is 24.3 Å². The number of carbonyl (C=O) groups is 2. The van der Waals surface area contributed by atoms with Crippen molar-refractivity contribution in [3.05, 3.63) is 82.6 Å². The van der Waals surface area contributed by atoms with Crippen molar-refractivity contribution in [1.29, 1.82) is 0 Å². The fourth-order valence-electron chi connectivity index (χ4n) is 4.19. The van der Waals surface area contributed by atoms with E-state index in [9.17, 15) is 27.5 Å². The number of anilines is 1. The van der Waals surface area contributed by atoms with Crippen LogP contribution in [0.15, 0.2) is 59.6 Å². The van der Waals surface area contributed by atoms with E-state index >= 15 is 4.39 Å². The zero-order valence-electron chi connectivity index (χ0n) is 20.6. The summed E-state index contributed by atoms with van der Waals surface area (Å²) >= 11 is 5.71. The molecule has 2 amide bonds. The van der Waals surface area contributed by atoms with Gasteiger partial charge in [0.15, 0.2) is 5.82 Å². The van der Waals surface area contributed by atoms with Crippen LogP contribution < -0.4 is 10.0 Å². The molecule has 10 nitrogen and oxygen atoms in total. The zero-order chi connectivity index (χ0) is 28.3. The summed E-state index contributed by atoms with van der Waals surface area (Å²) in [6, 6.07) is 11.4. The van der Waals surface area contributed by atoms with Crippen LogP contribution in [-0.4, -0.2) is 60.7 Å². The Morgan fingerprint density at radius 1 is 1.15 bits per heavy atom. The molecule has 39 heavy (non-hydrogen) atoms. The average molecular weight is 583 g/mol. The molecule has 1 aromatic heterocycles. The van der Waals surface area contributed by atoms with Crippen LogP contribution in [0.3, 0.4) is 0 Å². The Morgan fingerprint density at radius 3 is 2.54 bits per heavy atom. The minimum Gasteiger partial charge on any atom is -0.445 e. The highest BCUT2D eigenvalue weighted by Gasteiger charge is 2.39. The van der Waals surface area contributed by atoms with Crippen molar-refractivity contribution >= 4 is 39.3 Å². The van der Waals surface area contributed by atoms with E-state index in [2.05, 4.69) is 10.0 Å². The number of nitrogens with one attached hydrogen (secondary N) is 2. The number of aliphatic hydroxyl groups excluding tert-OH is 1. The van der Waals surface area contributed by atoms with Gasteiger partial charge in [0, 0.05) is 50.6 Å². The van der Waals surface area contributed by atoms with Crippen molar-refractivity contribution in [2.45, 2.75) is 17.5 Å². The maximum atomic E-state index is 15.3. The highest BCUT2D eigenvalue weighted by molar-refractivity contribution is 7.89. The topological polar surface area (TPSA) is 130 Å². The number of aliphatic hydroxyl groups is 1. The van der Waals surface area contributed by atoms with E-state index in [-0.39, 0.29) is 30.4 Å².